The lowest BCUT2D eigenvalue weighted by Crippen LogP contribution is -1.93. The number of hydrogen-bond donors (Lipinski definition) is 1. The maximum atomic E-state index is 10.6. The summed E-state index contributed by atoms with van der Waals surface area (Å²) < 4.78 is 4.68. The van der Waals surface area contributed by atoms with Gasteiger partial charge >= 0.3 is 5.76 Å². The summed E-state index contributed by atoms with van der Waals surface area (Å²) in [5.41, 5.74) is 1.03. The Hall–Kier alpha value is -1.91. The molecule has 5 heteroatoms. The number of carbonyl (C=O) groups excluding carboxylic acids is 1. The highest BCUT2D eigenvalue weighted by Gasteiger charge is 2.01. The number of carbonyl (C=O) groups is 1. The van der Waals surface area contributed by atoms with E-state index in [-0.39, 0.29) is 0 Å². The number of oxazole rings is 1. The third-order valence-corrected chi connectivity index (χ3v) is 1.43. The number of H-pyrrole nitrogens is 1. The molecule has 2 aromatic rings. The van der Waals surface area contributed by atoms with Crippen LogP contribution in [0.3, 0.4) is 0 Å². The van der Waals surface area contributed by atoms with Gasteiger partial charge in [-0.3, -0.25) is 9.78 Å². The van der Waals surface area contributed by atoms with Crippen LogP contribution in [0, 0.1) is 0 Å². The van der Waals surface area contributed by atoms with Crippen molar-refractivity contribution >= 4 is 17.5 Å². The number of nitrogens with one attached hydrogen (secondary N) is 1. The second kappa shape index (κ2) is 2.30. The van der Waals surface area contributed by atoms with Crippen LogP contribution in [0.1, 0.15) is 10.4 Å². The van der Waals surface area contributed by atoms with Gasteiger partial charge in [-0.1, -0.05) is 0 Å². The number of nitrogens with zero attached hydrogens (tertiary/aromatic N) is 1. The van der Waals surface area contributed by atoms with Gasteiger partial charge in [0.15, 0.2) is 17.5 Å². The Morgan fingerprint density at radius 1 is 1.58 bits per heavy atom. The van der Waals surface area contributed by atoms with Gasteiger partial charge in [0, 0.05) is 11.8 Å². The molecule has 2 aromatic heterocycles. The van der Waals surface area contributed by atoms with Gasteiger partial charge in [0.25, 0.3) is 0 Å². The summed E-state index contributed by atoms with van der Waals surface area (Å²) in [5, 5.41) is 0. The molecule has 0 aliphatic carbocycles. The Morgan fingerprint density at radius 3 is 3.17 bits per heavy atom. The van der Waals surface area contributed by atoms with Gasteiger partial charge in [-0.25, -0.2) is 9.78 Å². The Kier molecular flexibility index (Phi) is 1.30. The van der Waals surface area contributed by atoms with Gasteiger partial charge in [-0.05, 0) is 6.07 Å². The van der Waals surface area contributed by atoms with Crippen molar-refractivity contribution in [1.82, 2.24) is 9.97 Å². The lowest BCUT2D eigenvalue weighted by molar-refractivity contribution is 0.112. The van der Waals surface area contributed by atoms with E-state index in [4.69, 9.17) is 0 Å². The number of hydrogen-bond acceptors (Lipinski definition) is 4. The number of aromatic nitrogens is 2. The zero-order chi connectivity index (χ0) is 8.55. The lowest BCUT2D eigenvalue weighted by Gasteiger charge is -1.86. The molecule has 0 aromatic carbocycles. The molecule has 0 atom stereocenters. The molecule has 0 radical (unpaired) electrons. The van der Waals surface area contributed by atoms with Gasteiger partial charge in [-0.2, -0.15) is 0 Å². The minimum absolute atomic E-state index is 0.296. The first-order valence-corrected chi connectivity index (χ1v) is 3.23. The molecule has 0 fully saturated rings. The van der Waals surface area contributed by atoms with E-state index in [1.165, 1.54) is 12.3 Å². The molecule has 5 nitrogen and oxygen atoms in total. The van der Waals surface area contributed by atoms with Crippen molar-refractivity contribution in [3.63, 3.8) is 0 Å². The first-order valence-electron chi connectivity index (χ1n) is 3.23. The molecule has 0 saturated heterocycles. The average molecular weight is 164 g/mol. The largest absolute Gasteiger partial charge is 0.418 e. The Labute approximate surface area is 66.0 Å². The maximum absolute atomic E-state index is 10.6. The molecule has 0 amide bonds. The number of rotatable bonds is 1. The fourth-order valence-electron chi connectivity index (χ4n) is 0.918. The van der Waals surface area contributed by atoms with Gasteiger partial charge in [0.1, 0.15) is 0 Å². The third kappa shape index (κ3) is 0.914. The topological polar surface area (TPSA) is 76.0 Å². The predicted molar refractivity (Wildman–Crippen MR) is 40.0 cm³/mol. The molecule has 0 aliphatic rings. The highest BCUT2D eigenvalue weighted by Crippen LogP contribution is 2.06. The Balaban J connectivity index is 2.82. The van der Waals surface area contributed by atoms with E-state index in [1.54, 1.807) is 0 Å². The number of pyridine rings is 1. The molecule has 0 aliphatic heterocycles. The number of aldehydes is 1. The Bertz CT molecular complexity index is 483. The quantitative estimate of drug-likeness (QED) is 0.616. The molecular formula is C7H4N2O3. The van der Waals surface area contributed by atoms with Crippen molar-refractivity contribution in [3.05, 3.63) is 28.4 Å². The number of aromatic amines is 1. The van der Waals surface area contributed by atoms with Crippen LogP contribution in [0.25, 0.3) is 11.2 Å². The molecule has 12 heavy (non-hydrogen) atoms. The molecule has 0 saturated carbocycles. The third-order valence-electron chi connectivity index (χ3n) is 1.43. The molecule has 1 N–H and O–H groups in total. The zero-order valence-corrected chi connectivity index (χ0v) is 5.90. The maximum Gasteiger partial charge on any atom is 0.418 e. The SMILES string of the molecule is O=Cc1cnc2[nH]c(=O)oc2c1. The number of fused-ring (bicyclic) bond motifs is 1. The van der Waals surface area contributed by atoms with Crippen molar-refractivity contribution in [2.75, 3.05) is 0 Å². The minimum atomic E-state index is -0.569. The second-order valence-electron chi connectivity index (χ2n) is 2.25. The standard InChI is InChI=1S/C7H4N2O3/c10-3-4-1-5-6(8-2-4)9-7(11)12-5/h1-3H,(H,8,9,11). The van der Waals surface area contributed by atoms with Crippen LogP contribution in [-0.4, -0.2) is 16.3 Å². The molecule has 2 heterocycles. The summed E-state index contributed by atoms with van der Waals surface area (Å²) in [7, 11) is 0. The van der Waals surface area contributed by atoms with E-state index < -0.39 is 5.76 Å². The van der Waals surface area contributed by atoms with Crippen molar-refractivity contribution in [3.8, 4) is 0 Å². The highest BCUT2D eigenvalue weighted by molar-refractivity contribution is 5.80. The van der Waals surface area contributed by atoms with E-state index in [0.717, 1.165) is 0 Å². The highest BCUT2D eigenvalue weighted by atomic mass is 16.4. The minimum Gasteiger partial charge on any atom is -0.406 e. The van der Waals surface area contributed by atoms with Crippen LogP contribution in [0.15, 0.2) is 21.5 Å². The first kappa shape index (κ1) is 6.78. The molecule has 0 spiro atoms. The van der Waals surface area contributed by atoms with Crippen LogP contribution < -0.4 is 5.76 Å². The van der Waals surface area contributed by atoms with Crippen molar-refractivity contribution in [1.29, 1.82) is 0 Å². The van der Waals surface area contributed by atoms with E-state index in [2.05, 4.69) is 14.4 Å². The van der Waals surface area contributed by atoms with Crippen molar-refractivity contribution in [2.45, 2.75) is 0 Å². The Morgan fingerprint density at radius 2 is 2.42 bits per heavy atom. The zero-order valence-electron chi connectivity index (χ0n) is 5.90. The smallest absolute Gasteiger partial charge is 0.406 e. The van der Waals surface area contributed by atoms with Gasteiger partial charge in [0.05, 0.1) is 0 Å². The van der Waals surface area contributed by atoms with Crippen LogP contribution in [0.4, 0.5) is 0 Å². The van der Waals surface area contributed by atoms with Crippen LogP contribution >= 0.6 is 0 Å². The summed E-state index contributed by atoms with van der Waals surface area (Å²) in [6.07, 6.45) is 2.00. The summed E-state index contributed by atoms with van der Waals surface area (Å²) >= 11 is 0. The molecule has 0 bridgehead atoms. The van der Waals surface area contributed by atoms with Gasteiger partial charge < -0.3 is 4.42 Å². The van der Waals surface area contributed by atoms with Crippen LogP contribution in [0.2, 0.25) is 0 Å². The summed E-state index contributed by atoms with van der Waals surface area (Å²) in [5.74, 6) is -0.569. The van der Waals surface area contributed by atoms with Crippen LogP contribution in [0.5, 0.6) is 0 Å². The predicted octanol–water partition coefficient (Wildman–Crippen LogP) is 0.329. The monoisotopic (exact) mass is 164 g/mol. The first-order chi connectivity index (χ1) is 5.79. The second-order valence-corrected chi connectivity index (χ2v) is 2.25. The normalized spacial score (nSPS) is 10.3. The van der Waals surface area contributed by atoms with E-state index >= 15 is 0 Å². The van der Waals surface area contributed by atoms with Crippen molar-refractivity contribution in [2.24, 2.45) is 0 Å². The summed E-state index contributed by atoms with van der Waals surface area (Å²) in [6, 6.07) is 1.45. The molecular weight excluding hydrogens is 160 g/mol. The van der Waals surface area contributed by atoms with E-state index in [0.29, 0.717) is 23.1 Å². The molecule has 2 rings (SSSR count). The summed E-state index contributed by atoms with van der Waals surface area (Å²) in [6.45, 7) is 0. The summed E-state index contributed by atoms with van der Waals surface area (Å²) in [4.78, 5) is 27.1. The fraction of sp³-hybridized carbons (Fsp3) is 0. The van der Waals surface area contributed by atoms with Crippen molar-refractivity contribution < 1.29 is 9.21 Å². The molecule has 60 valence electrons. The average Bonchev–Trinajstić information content (AvgIpc) is 2.43. The van der Waals surface area contributed by atoms with Gasteiger partial charge in [0.2, 0.25) is 0 Å². The van der Waals surface area contributed by atoms with E-state index in [1.807, 2.05) is 0 Å². The molecule has 0 unspecified atom stereocenters. The van der Waals surface area contributed by atoms with E-state index in [9.17, 15) is 9.59 Å². The van der Waals surface area contributed by atoms with Gasteiger partial charge in [-0.15, -0.1) is 0 Å². The van der Waals surface area contributed by atoms with Crippen LogP contribution in [-0.2, 0) is 0 Å². The fourth-order valence-corrected chi connectivity index (χ4v) is 0.918. The lowest BCUT2D eigenvalue weighted by atomic mass is 10.3.